The third kappa shape index (κ3) is 2.49. The van der Waals surface area contributed by atoms with Gasteiger partial charge in [0, 0.05) is 19.0 Å². The molecule has 0 unspecified atom stereocenters. The SMILES string of the molecule is CNc1ccn([C@@H]2CSCO2)c(=O)n1.O. The number of thioether (sulfide) groups is 1. The van der Waals surface area contributed by atoms with Gasteiger partial charge in [-0.05, 0) is 6.07 Å². The van der Waals surface area contributed by atoms with Crippen LogP contribution in [0.5, 0.6) is 0 Å². The number of hydrogen-bond donors (Lipinski definition) is 1. The van der Waals surface area contributed by atoms with Crippen LogP contribution in [0, 0.1) is 0 Å². The summed E-state index contributed by atoms with van der Waals surface area (Å²) >= 11 is 1.67. The van der Waals surface area contributed by atoms with E-state index in [2.05, 4.69) is 10.3 Å². The first-order chi connectivity index (χ1) is 6.81. The second-order valence-corrected chi connectivity index (χ2v) is 3.84. The number of nitrogens with one attached hydrogen (secondary N) is 1. The summed E-state index contributed by atoms with van der Waals surface area (Å²) < 4.78 is 6.87. The van der Waals surface area contributed by atoms with E-state index < -0.39 is 0 Å². The number of nitrogens with zero attached hydrogens (tertiary/aromatic N) is 2. The summed E-state index contributed by atoms with van der Waals surface area (Å²) in [6.07, 6.45) is 1.54. The molecule has 84 valence electrons. The van der Waals surface area contributed by atoms with Gasteiger partial charge >= 0.3 is 5.69 Å². The Kier molecular flexibility index (Phi) is 4.13. The lowest BCUT2D eigenvalue weighted by Crippen LogP contribution is -2.27. The summed E-state index contributed by atoms with van der Waals surface area (Å²) in [5.74, 6) is 2.03. The van der Waals surface area contributed by atoms with E-state index in [9.17, 15) is 4.79 Å². The molecule has 0 aromatic carbocycles. The van der Waals surface area contributed by atoms with E-state index in [1.54, 1.807) is 31.1 Å². The molecule has 0 bridgehead atoms. The minimum Gasteiger partial charge on any atom is -0.412 e. The van der Waals surface area contributed by atoms with Crippen LogP contribution in [-0.2, 0) is 4.74 Å². The maximum Gasteiger partial charge on any atom is 0.351 e. The molecule has 1 aromatic rings. The molecule has 1 aromatic heterocycles. The third-order valence-corrected chi connectivity index (χ3v) is 2.82. The fraction of sp³-hybridized carbons (Fsp3) is 0.500. The van der Waals surface area contributed by atoms with E-state index in [4.69, 9.17) is 4.74 Å². The Morgan fingerprint density at radius 3 is 3.07 bits per heavy atom. The van der Waals surface area contributed by atoms with E-state index in [-0.39, 0.29) is 17.4 Å². The van der Waals surface area contributed by atoms with Crippen molar-refractivity contribution in [3.8, 4) is 0 Å². The first kappa shape index (κ1) is 12.0. The highest BCUT2D eigenvalue weighted by Crippen LogP contribution is 2.23. The molecule has 0 amide bonds. The van der Waals surface area contributed by atoms with E-state index in [1.165, 1.54) is 4.57 Å². The lowest BCUT2D eigenvalue weighted by Gasteiger charge is -2.11. The molecule has 1 aliphatic rings. The van der Waals surface area contributed by atoms with Crippen LogP contribution in [0.15, 0.2) is 17.1 Å². The van der Waals surface area contributed by atoms with Crippen molar-refractivity contribution in [2.24, 2.45) is 0 Å². The van der Waals surface area contributed by atoms with E-state index in [1.807, 2.05) is 0 Å². The summed E-state index contributed by atoms with van der Waals surface area (Å²) in [4.78, 5) is 15.4. The highest BCUT2D eigenvalue weighted by Gasteiger charge is 2.18. The molecule has 1 fully saturated rings. The summed E-state index contributed by atoms with van der Waals surface area (Å²) in [6, 6.07) is 1.76. The summed E-state index contributed by atoms with van der Waals surface area (Å²) in [7, 11) is 1.73. The fourth-order valence-electron chi connectivity index (χ4n) is 1.26. The van der Waals surface area contributed by atoms with Crippen LogP contribution in [0.1, 0.15) is 6.23 Å². The van der Waals surface area contributed by atoms with Crippen molar-refractivity contribution in [2.75, 3.05) is 24.1 Å². The van der Waals surface area contributed by atoms with Crippen LogP contribution in [0.4, 0.5) is 5.82 Å². The molecule has 0 aliphatic carbocycles. The number of hydrogen-bond acceptors (Lipinski definition) is 5. The van der Waals surface area contributed by atoms with Crippen molar-refractivity contribution >= 4 is 17.6 Å². The molecule has 3 N–H and O–H groups in total. The standard InChI is InChI=1S/C8H11N3O2S.H2O/c1-9-6-2-3-11(8(12)10-6)7-4-14-5-13-7;/h2-3,7H,4-5H2,1H3,(H,9,10,12);1H2/t7-;/m0./s1. The van der Waals surface area contributed by atoms with Crippen molar-refractivity contribution in [3.05, 3.63) is 22.7 Å². The van der Waals surface area contributed by atoms with Gasteiger partial charge in [-0.15, -0.1) is 11.8 Å². The molecule has 0 radical (unpaired) electrons. The molecule has 0 spiro atoms. The molecule has 2 heterocycles. The zero-order valence-electron chi connectivity index (χ0n) is 8.27. The van der Waals surface area contributed by atoms with Gasteiger partial charge in [-0.1, -0.05) is 0 Å². The summed E-state index contributed by atoms with van der Waals surface area (Å²) in [5.41, 5.74) is -0.274. The molecular weight excluding hydrogens is 218 g/mol. The lowest BCUT2D eigenvalue weighted by molar-refractivity contribution is 0.0639. The third-order valence-electron chi connectivity index (χ3n) is 2.00. The first-order valence-electron chi connectivity index (χ1n) is 4.27. The van der Waals surface area contributed by atoms with Crippen molar-refractivity contribution in [1.82, 2.24) is 9.55 Å². The molecule has 15 heavy (non-hydrogen) atoms. The largest absolute Gasteiger partial charge is 0.412 e. The molecule has 6 nitrogen and oxygen atoms in total. The minimum absolute atomic E-state index is 0. The Bertz CT molecular complexity index is 376. The van der Waals surface area contributed by atoms with Gasteiger partial charge in [-0.25, -0.2) is 4.79 Å². The van der Waals surface area contributed by atoms with Crippen LogP contribution in [-0.4, -0.2) is 33.8 Å². The Balaban J connectivity index is 0.00000112. The van der Waals surface area contributed by atoms with Gasteiger partial charge in [0.1, 0.15) is 12.0 Å². The monoisotopic (exact) mass is 231 g/mol. The number of anilines is 1. The second-order valence-electron chi connectivity index (χ2n) is 2.86. The van der Waals surface area contributed by atoms with E-state index in [0.717, 1.165) is 5.75 Å². The van der Waals surface area contributed by atoms with Crippen molar-refractivity contribution in [3.63, 3.8) is 0 Å². The fourth-order valence-corrected chi connectivity index (χ4v) is 2.06. The maximum atomic E-state index is 11.5. The predicted octanol–water partition coefficient (Wildman–Crippen LogP) is -0.320. The second kappa shape index (κ2) is 5.15. The average Bonchev–Trinajstić information content (AvgIpc) is 2.70. The van der Waals surface area contributed by atoms with Crippen LogP contribution < -0.4 is 11.0 Å². The zero-order valence-corrected chi connectivity index (χ0v) is 9.08. The van der Waals surface area contributed by atoms with Gasteiger partial charge < -0.3 is 15.5 Å². The zero-order chi connectivity index (χ0) is 9.97. The molecule has 1 saturated heterocycles. The average molecular weight is 231 g/mol. The van der Waals surface area contributed by atoms with Crippen LogP contribution in [0.3, 0.4) is 0 Å². The van der Waals surface area contributed by atoms with Gasteiger partial charge in [-0.3, -0.25) is 4.57 Å². The molecular formula is C8H13N3O3S. The smallest absolute Gasteiger partial charge is 0.351 e. The Hall–Kier alpha value is -1.05. The van der Waals surface area contributed by atoms with Crippen LogP contribution >= 0.6 is 11.8 Å². The molecule has 2 rings (SSSR count). The van der Waals surface area contributed by atoms with Gasteiger partial charge in [0.2, 0.25) is 0 Å². The summed E-state index contributed by atoms with van der Waals surface area (Å²) in [6.45, 7) is 0. The highest BCUT2D eigenvalue weighted by atomic mass is 32.2. The van der Waals surface area contributed by atoms with Crippen LogP contribution in [0.2, 0.25) is 0 Å². The quantitative estimate of drug-likeness (QED) is 0.753. The Labute approximate surface area is 91.0 Å². The molecule has 7 heteroatoms. The van der Waals surface area contributed by atoms with E-state index >= 15 is 0 Å². The summed E-state index contributed by atoms with van der Waals surface area (Å²) in [5, 5.41) is 2.82. The van der Waals surface area contributed by atoms with Gasteiger partial charge in [-0.2, -0.15) is 4.98 Å². The number of aromatic nitrogens is 2. The van der Waals surface area contributed by atoms with Crippen molar-refractivity contribution in [1.29, 1.82) is 0 Å². The minimum atomic E-state index is -0.274. The van der Waals surface area contributed by atoms with Gasteiger partial charge in [0.15, 0.2) is 0 Å². The highest BCUT2D eigenvalue weighted by molar-refractivity contribution is 7.99. The van der Waals surface area contributed by atoms with E-state index in [0.29, 0.717) is 11.8 Å². The molecule has 1 atom stereocenters. The van der Waals surface area contributed by atoms with Gasteiger partial charge in [0.25, 0.3) is 0 Å². The predicted molar refractivity (Wildman–Crippen MR) is 59.1 cm³/mol. The lowest BCUT2D eigenvalue weighted by atomic mass is 10.5. The van der Waals surface area contributed by atoms with Crippen molar-refractivity contribution in [2.45, 2.75) is 6.23 Å². The Morgan fingerprint density at radius 2 is 2.53 bits per heavy atom. The Morgan fingerprint density at radius 1 is 1.73 bits per heavy atom. The maximum absolute atomic E-state index is 11.5. The van der Waals surface area contributed by atoms with Gasteiger partial charge in [0.05, 0.1) is 5.94 Å². The van der Waals surface area contributed by atoms with Crippen molar-refractivity contribution < 1.29 is 10.2 Å². The number of rotatable bonds is 2. The number of ether oxygens (including phenoxy) is 1. The molecule has 0 saturated carbocycles. The van der Waals surface area contributed by atoms with Crippen LogP contribution in [0.25, 0.3) is 0 Å². The topological polar surface area (TPSA) is 87.7 Å². The first-order valence-corrected chi connectivity index (χ1v) is 5.43. The normalized spacial score (nSPS) is 19.7. The molecule has 1 aliphatic heterocycles.